The van der Waals surface area contributed by atoms with Crippen molar-refractivity contribution in [1.82, 2.24) is 0 Å². The number of carbonyl (C=O) groups excluding carboxylic acids is 1. The van der Waals surface area contributed by atoms with Crippen molar-refractivity contribution in [1.29, 1.82) is 0 Å². The Morgan fingerprint density at radius 2 is 2.38 bits per heavy atom. The van der Waals surface area contributed by atoms with E-state index in [0.29, 0.717) is 5.56 Å². The van der Waals surface area contributed by atoms with E-state index in [1.807, 2.05) is 0 Å². The van der Waals surface area contributed by atoms with E-state index in [-0.39, 0.29) is 23.9 Å². The first-order valence-electron chi connectivity index (χ1n) is 5.21. The fourth-order valence-electron chi connectivity index (χ4n) is 1.80. The lowest BCUT2D eigenvalue weighted by Crippen LogP contribution is -2.16. The van der Waals surface area contributed by atoms with Gasteiger partial charge in [-0.3, -0.25) is 4.79 Å². The van der Waals surface area contributed by atoms with Gasteiger partial charge in [-0.2, -0.15) is 11.8 Å². The average molecular weight is 303 g/mol. The molecule has 1 saturated heterocycles. The Balaban J connectivity index is 2.07. The van der Waals surface area contributed by atoms with Gasteiger partial charge in [-0.05, 0) is 35.9 Å². The van der Waals surface area contributed by atoms with Gasteiger partial charge in [0.2, 0.25) is 0 Å². The van der Waals surface area contributed by atoms with E-state index in [1.165, 1.54) is 6.07 Å². The van der Waals surface area contributed by atoms with Crippen LogP contribution in [0.2, 0.25) is 0 Å². The van der Waals surface area contributed by atoms with Crippen LogP contribution in [0.4, 0.5) is 4.39 Å². The molecule has 0 aromatic heterocycles. The lowest BCUT2D eigenvalue weighted by Gasteiger charge is -2.08. The molecular formula is C12H12BrFOS. The van der Waals surface area contributed by atoms with Gasteiger partial charge in [0, 0.05) is 22.6 Å². The molecular weight excluding hydrogens is 291 g/mol. The summed E-state index contributed by atoms with van der Waals surface area (Å²) in [6.07, 6.45) is 1.16. The molecule has 0 spiro atoms. The first kappa shape index (κ1) is 12.1. The zero-order valence-corrected chi connectivity index (χ0v) is 11.1. The second-order valence-corrected chi connectivity index (χ2v) is 6.00. The Bertz CT molecular complexity index is 402. The van der Waals surface area contributed by atoms with Crippen LogP contribution in [0.1, 0.15) is 12.0 Å². The lowest BCUT2D eigenvalue weighted by atomic mass is 9.97. The Morgan fingerprint density at radius 1 is 1.56 bits per heavy atom. The Morgan fingerprint density at radius 3 is 3.06 bits per heavy atom. The summed E-state index contributed by atoms with van der Waals surface area (Å²) in [4.78, 5) is 11.9. The molecule has 1 aromatic carbocycles. The van der Waals surface area contributed by atoms with Crippen molar-refractivity contribution in [2.24, 2.45) is 5.92 Å². The highest BCUT2D eigenvalue weighted by Gasteiger charge is 2.23. The predicted molar refractivity (Wildman–Crippen MR) is 68.2 cm³/mol. The topological polar surface area (TPSA) is 17.1 Å². The van der Waals surface area contributed by atoms with Crippen molar-refractivity contribution >= 4 is 33.5 Å². The Kier molecular flexibility index (Phi) is 4.03. The van der Waals surface area contributed by atoms with Crippen LogP contribution >= 0.6 is 27.7 Å². The van der Waals surface area contributed by atoms with Crippen molar-refractivity contribution in [3.63, 3.8) is 0 Å². The third-order valence-electron chi connectivity index (χ3n) is 2.76. The molecule has 1 aliphatic heterocycles. The number of Topliss-reactive ketones (excluding diaryl/α,β-unsaturated/α-hetero) is 1. The minimum absolute atomic E-state index is 0.128. The van der Waals surface area contributed by atoms with Crippen LogP contribution in [-0.4, -0.2) is 17.3 Å². The fraction of sp³-hybridized carbons (Fsp3) is 0.417. The number of benzene rings is 1. The van der Waals surface area contributed by atoms with Gasteiger partial charge in [0.25, 0.3) is 0 Å². The van der Waals surface area contributed by atoms with Crippen molar-refractivity contribution in [3.8, 4) is 0 Å². The summed E-state index contributed by atoms with van der Waals surface area (Å²) in [5.74, 6) is 1.96. The van der Waals surface area contributed by atoms with Gasteiger partial charge < -0.3 is 0 Å². The number of thioether (sulfide) groups is 1. The maximum Gasteiger partial charge on any atom is 0.141 e. The first-order chi connectivity index (χ1) is 7.66. The Labute approximate surface area is 107 Å². The molecule has 1 aromatic rings. The van der Waals surface area contributed by atoms with Gasteiger partial charge in [-0.25, -0.2) is 4.39 Å². The zero-order valence-electron chi connectivity index (χ0n) is 8.71. The smallest absolute Gasteiger partial charge is 0.141 e. The van der Waals surface area contributed by atoms with E-state index in [9.17, 15) is 9.18 Å². The van der Waals surface area contributed by atoms with Gasteiger partial charge in [0.1, 0.15) is 11.6 Å². The monoisotopic (exact) mass is 302 g/mol. The summed E-state index contributed by atoms with van der Waals surface area (Å²) < 4.78 is 14.3. The van der Waals surface area contributed by atoms with Crippen LogP contribution in [0.15, 0.2) is 22.7 Å². The molecule has 4 heteroatoms. The Hall–Kier alpha value is -0.350. The molecule has 0 radical (unpaired) electrons. The molecule has 0 N–H and O–H groups in total. The van der Waals surface area contributed by atoms with Gasteiger partial charge in [-0.15, -0.1) is 0 Å². The SMILES string of the molecule is O=C(Cc1cc(Br)ccc1F)C1CCSC1. The van der Waals surface area contributed by atoms with Crippen LogP contribution in [-0.2, 0) is 11.2 Å². The molecule has 0 bridgehead atoms. The molecule has 16 heavy (non-hydrogen) atoms. The fourth-order valence-corrected chi connectivity index (χ4v) is 3.46. The minimum atomic E-state index is -0.290. The van der Waals surface area contributed by atoms with Crippen molar-refractivity contribution in [2.45, 2.75) is 12.8 Å². The van der Waals surface area contributed by atoms with E-state index in [1.54, 1.807) is 23.9 Å². The number of carbonyl (C=O) groups is 1. The summed E-state index contributed by atoms with van der Waals surface area (Å²) in [7, 11) is 0. The second-order valence-electron chi connectivity index (χ2n) is 3.94. The molecule has 1 fully saturated rings. The molecule has 0 saturated carbocycles. The largest absolute Gasteiger partial charge is 0.299 e. The molecule has 1 atom stereocenters. The van der Waals surface area contributed by atoms with Gasteiger partial charge in [-0.1, -0.05) is 15.9 Å². The standard InChI is InChI=1S/C12H12BrFOS/c13-10-1-2-11(14)9(5-10)6-12(15)8-3-4-16-7-8/h1-2,5,8H,3-4,6-7H2. The minimum Gasteiger partial charge on any atom is -0.299 e. The number of rotatable bonds is 3. The van der Waals surface area contributed by atoms with Crippen molar-refractivity contribution in [2.75, 3.05) is 11.5 Å². The summed E-state index contributed by atoms with van der Waals surface area (Å²) in [6.45, 7) is 0. The number of hydrogen-bond donors (Lipinski definition) is 0. The highest BCUT2D eigenvalue weighted by molar-refractivity contribution is 9.10. The van der Waals surface area contributed by atoms with E-state index in [4.69, 9.17) is 0 Å². The maximum atomic E-state index is 13.4. The molecule has 2 rings (SSSR count). The maximum absolute atomic E-state index is 13.4. The molecule has 0 amide bonds. The predicted octanol–water partition coefficient (Wildman–Crippen LogP) is 3.45. The van der Waals surface area contributed by atoms with Crippen molar-refractivity contribution in [3.05, 3.63) is 34.1 Å². The quantitative estimate of drug-likeness (QED) is 0.851. The van der Waals surface area contributed by atoms with E-state index >= 15 is 0 Å². The summed E-state index contributed by atoms with van der Waals surface area (Å²) >= 11 is 5.09. The molecule has 1 unspecified atom stereocenters. The highest BCUT2D eigenvalue weighted by atomic mass is 79.9. The molecule has 86 valence electrons. The highest BCUT2D eigenvalue weighted by Crippen LogP contribution is 2.26. The van der Waals surface area contributed by atoms with Gasteiger partial charge >= 0.3 is 0 Å². The molecule has 1 aliphatic rings. The number of ketones is 1. The summed E-state index contributed by atoms with van der Waals surface area (Å²) in [5, 5.41) is 0. The molecule has 1 nitrogen and oxygen atoms in total. The van der Waals surface area contributed by atoms with E-state index < -0.39 is 0 Å². The number of halogens is 2. The van der Waals surface area contributed by atoms with Crippen molar-refractivity contribution < 1.29 is 9.18 Å². The summed E-state index contributed by atoms with van der Waals surface area (Å²) in [5.41, 5.74) is 0.497. The van der Waals surface area contributed by atoms with E-state index in [0.717, 1.165) is 22.4 Å². The summed E-state index contributed by atoms with van der Waals surface area (Å²) in [6, 6.07) is 4.74. The third kappa shape index (κ3) is 2.86. The normalized spacial score (nSPS) is 20.0. The van der Waals surface area contributed by atoms with Crippen LogP contribution in [0.25, 0.3) is 0 Å². The second kappa shape index (κ2) is 5.32. The van der Waals surface area contributed by atoms with Crippen LogP contribution in [0, 0.1) is 11.7 Å². The van der Waals surface area contributed by atoms with Gasteiger partial charge in [0.05, 0.1) is 0 Å². The lowest BCUT2D eigenvalue weighted by molar-refractivity contribution is -0.121. The molecule has 0 aliphatic carbocycles. The van der Waals surface area contributed by atoms with Crippen LogP contribution in [0.5, 0.6) is 0 Å². The molecule has 1 heterocycles. The van der Waals surface area contributed by atoms with Crippen LogP contribution < -0.4 is 0 Å². The average Bonchev–Trinajstić information content (AvgIpc) is 2.76. The first-order valence-corrected chi connectivity index (χ1v) is 7.16. The van der Waals surface area contributed by atoms with E-state index in [2.05, 4.69) is 15.9 Å². The van der Waals surface area contributed by atoms with Crippen LogP contribution in [0.3, 0.4) is 0 Å². The van der Waals surface area contributed by atoms with Gasteiger partial charge in [0.15, 0.2) is 0 Å². The third-order valence-corrected chi connectivity index (χ3v) is 4.41. The number of hydrogen-bond acceptors (Lipinski definition) is 2. The zero-order chi connectivity index (χ0) is 11.5.